The molecule has 0 unspecified atom stereocenters. The van der Waals surface area contributed by atoms with Crippen LogP contribution in [0.1, 0.15) is 36.2 Å². The lowest BCUT2D eigenvalue weighted by Gasteiger charge is -2.41. The summed E-state index contributed by atoms with van der Waals surface area (Å²) >= 11 is 0. The minimum atomic E-state index is -0.287. The fraction of sp³-hybridized carbons (Fsp3) is 0.524. The van der Waals surface area contributed by atoms with Gasteiger partial charge in [0.2, 0.25) is 0 Å². The first-order valence-corrected chi connectivity index (χ1v) is 10.0. The Morgan fingerprint density at radius 2 is 1.79 bits per heavy atom. The molecule has 1 aromatic heterocycles. The van der Waals surface area contributed by atoms with E-state index in [0.717, 1.165) is 57.4 Å². The van der Waals surface area contributed by atoms with Crippen molar-refractivity contribution in [2.75, 3.05) is 33.3 Å². The zero-order chi connectivity index (χ0) is 19.5. The fourth-order valence-electron chi connectivity index (χ4n) is 4.28. The average molecular weight is 386 g/mol. The molecule has 0 atom stereocenters. The van der Waals surface area contributed by atoms with Crippen LogP contribution in [0.3, 0.4) is 0 Å². The number of methoxy groups -OCH3 is 1. The number of carbonyl (C=O) groups is 1. The van der Waals surface area contributed by atoms with Crippen LogP contribution in [0.15, 0.2) is 30.3 Å². The number of likely N-dealkylation sites (tertiary alicyclic amines) is 2. The van der Waals surface area contributed by atoms with Crippen LogP contribution < -0.4 is 0 Å². The first-order chi connectivity index (χ1) is 13.6. The molecule has 0 aliphatic carbocycles. The normalized spacial score (nSPS) is 19.9. The minimum absolute atomic E-state index is 0.0163. The maximum atomic E-state index is 13.1. The summed E-state index contributed by atoms with van der Waals surface area (Å²) in [5, 5.41) is 7.06. The number of hydrogen-bond donors (Lipinski definition) is 1. The highest BCUT2D eigenvalue weighted by molar-refractivity contribution is 5.93. The molecule has 0 bridgehead atoms. The van der Waals surface area contributed by atoms with Crippen molar-refractivity contribution in [3.05, 3.63) is 41.8 Å². The summed E-state index contributed by atoms with van der Waals surface area (Å²) in [6, 6.07) is 8.42. The zero-order valence-corrected chi connectivity index (χ0v) is 16.2. The molecular formula is C21H27FN4O2. The van der Waals surface area contributed by atoms with E-state index >= 15 is 0 Å². The van der Waals surface area contributed by atoms with Crippen molar-refractivity contribution in [2.45, 2.75) is 37.8 Å². The Morgan fingerprint density at radius 3 is 2.43 bits per heavy atom. The Balaban J connectivity index is 1.32. The van der Waals surface area contributed by atoms with Gasteiger partial charge < -0.3 is 14.5 Å². The molecule has 2 aliphatic rings. The van der Waals surface area contributed by atoms with Gasteiger partial charge in [0.05, 0.1) is 11.8 Å². The second-order valence-corrected chi connectivity index (χ2v) is 7.67. The second-order valence-electron chi connectivity index (χ2n) is 7.67. The Morgan fingerprint density at radius 1 is 1.11 bits per heavy atom. The summed E-state index contributed by atoms with van der Waals surface area (Å²) < 4.78 is 18.5. The number of H-pyrrole nitrogens is 1. The minimum Gasteiger partial charge on any atom is -0.381 e. The molecule has 4 rings (SSSR count). The van der Waals surface area contributed by atoms with Crippen LogP contribution in [0.2, 0.25) is 0 Å². The van der Waals surface area contributed by atoms with Crippen LogP contribution >= 0.6 is 0 Å². The van der Waals surface area contributed by atoms with Crippen LogP contribution in [-0.4, -0.2) is 71.3 Å². The second kappa shape index (κ2) is 8.41. The summed E-state index contributed by atoms with van der Waals surface area (Å²) in [6.07, 6.45) is 4.59. The van der Waals surface area contributed by atoms with Crippen molar-refractivity contribution in [3.63, 3.8) is 0 Å². The van der Waals surface area contributed by atoms with Gasteiger partial charge >= 0.3 is 0 Å². The lowest BCUT2D eigenvalue weighted by Crippen LogP contribution is -2.49. The summed E-state index contributed by atoms with van der Waals surface area (Å²) in [6.45, 7) is 3.69. The Hall–Kier alpha value is -2.25. The van der Waals surface area contributed by atoms with E-state index in [2.05, 4.69) is 15.1 Å². The van der Waals surface area contributed by atoms with Crippen LogP contribution in [0.4, 0.5) is 4.39 Å². The first-order valence-electron chi connectivity index (χ1n) is 10.0. The number of nitrogens with zero attached hydrogens (tertiary/aromatic N) is 3. The molecule has 2 saturated heterocycles. The van der Waals surface area contributed by atoms with E-state index in [1.165, 1.54) is 12.1 Å². The number of halogens is 1. The van der Waals surface area contributed by atoms with Gasteiger partial charge in [-0.1, -0.05) is 0 Å². The summed E-state index contributed by atoms with van der Waals surface area (Å²) in [5.41, 5.74) is 1.92. The lowest BCUT2D eigenvalue weighted by atomic mass is 9.98. The molecule has 3 heterocycles. The van der Waals surface area contributed by atoms with E-state index in [-0.39, 0.29) is 11.7 Å². The maximum Gasteiger partial charge on any atom is 0.271 e. The topological polar surface area (TPSA) is 61.5 Å². The highest BCUT2D eigenvalue weighted by Crippen LogP contribution is 2.24. The standard InChI is InChI=1S/C21H27FN4O2/c1-28-18-8-12-25(13-9-18)17-6-10-26(11-7-17)21(27)20-14-19(23-24-20)15-2-4-16(22)5-3-15/h2-5,14,17-18H,6-13H2,1H3,(H,23,24). The van der Waals surface area contributed by atoms with E-state index in [1.54, 1.807) is 25.3 Å². The smallest absolute Gasteiger partial charge is 0.271 e. The lowest BCUT2D eigenvalue weighted by molar-refractivity contribution is 0.0145. The zero-order valence-electron chi connectivity index (χ0n) is 16.2. The molecule has 1 aromatic carbocycles. The number of benzene rings is 1. The van der Waals surface area contributed by atoms with E-state index in [0.29, 0.717) is 23.5 Å². The molecule has 150 valence electrons. The van der Waals surface area contributed by atoms with E-state index in [1.807, 2.05) is 4.90 Å². The first kappa shape index (κ1) is 19.1. The molecule has 0 radical (unpaired) electrons. The summed E-state index contributed by atoms with van der Waals surface area (Å²) in [5.74, 6) is -0.303. The third-order valence-electron chi connectivity index (χ3n) is 6.03. The predicted octanol–water partition coefficient (Wildman–Crippen LogP) is 2.93. The number of aromatic nitrogens is 2. The quantitative estimate of drug-likeness (QED) is 0.878. The predicted molar refractivity (Wildman–Crippen MR) is 105 cm³/mol. The molecule has 2 aliphatic heterocycles. The van der Waals surface area contributed by atoms with Gasteiger partial charge in [-0.3, -0.25) is 9.89 Å². The SMILES string of the molecule is COC1CCN(C2CCN(C(=O)c3cc(-c4ccc(F)cc4)n[nH]3)CC2)CC1. The molecule has 2 fully saturated rings. The van der Waals surface area contributed by atoms with E-state index in [9.17, 15) is 9.18 Å². The molecule has 28 heavy (non-hydrogen) atoms. The summed E-state index contributed by atoms with van der Waals surface area (Å²) in [7, 11) is 1.79. The van der Waals surface area contributed by atoms with Gasteiger partial charge in [-0.15, -0.1) is 0 Å². The van der Waals surface area contributed by atoms with Gasteiger partial charge in [0.15, 0.2) is 0 Å². The van der Waals surface area contributed by atoms with Crippen molar-refractivity contribution in [1.29, 1.82) is 0 Å². The third kappa shape index (κ3) is 4.10. The number of carbonyl (C=O) groups excluding carboxylic acids is 1. The highest BCUT2D eigenvalue weighted by Gasteiger charge is 2.30. The molecule has 1 N–H and O–H groups in total. The van der Waals surface area contributed by atoms with Gasteiger partial charge in [0.25, 0.3) is 5.91 Å². The van der Waals surface area contributed by atoms with Gasteiger partial charge in [-0.05, 0) is 56.0 Å². The van der Waals surface area contributed by atoms with Crippen molar-refractivity contribution in [3.8, 4) is 11.3 Å². The number of rotatable bonds is 4. The number of hydrogen-bond acceptors (Lipinski definition) is 4. The van der Waals surface area contributed by atoms with E-state index < -0.39 is 0 Å². The Labute approximate surface area is 164 Å². The molecule has 1 amide bonds. The van der Waals surface area contributed by atoms with E-state index in [4.69, 9.17) is 4.74 Å². The molecule has 7 heteroatoms. The van der Waals surface area contributed by atoms with Crippen LogP contribution in [0, 0.1) is 5.82 Å². The van der Waals surface area contributed by atoms with Gasteiger partial charge in [-0.2, -0.15) is 5.10 Å². The van der Waals surface area contributed by atoms with Crippen LogP contribution in [0.25, 0.3) is 11.3 Å². The maximum absolute atomic E-state index is 13.1. The monoisotopic (exact) mass is 386 g/mol. The number of ether oxygens (including phenoxy) is 1. The van der Waals surface area contributed by atoms with Gasteiger partial charge in [0.1, 0.15) is 11.5 Å². The largest absolute Gasteiger partial charge is 0.381 e. The van der Waals surface area contributed by atoms with Crippen LogP contribution in [-0.2, 0) is 4.74 Å². The van der Waals surface area contributed by atoms with Gasteiger partial charge in [-0.25, -0.2) is 4.39 Å². The van der Waals surface area contributed by atoms with Crippen LogP contribution in [0.5, 0.6) is 0 Å². The molecule has 0 spiro atoms. The fourth-order valence-corrected chi connectivity index (χ4v) is 4.28. The Kier molecular flexibility index (Phi) is 5.73. The van der Waals surface area contributed by atoms with Gasteiger partial charge in [0, 0.05) is 44.9 Å². The third-order valence-corrected chi connectivity index (χ3v) is 6.03. The van der Waals surface area contributed by atoms with Crippen molar-refractivity contribution < 1.29 is 13.9 Å². The van der Waals surface area contributed by atoms with Crippen molar-refractivity contribution in [1.82, 2.24) is 20.0 Å². The molecular weight excluding hydrogens is 359 g/mol. The molecule has 0 saturated carbocycles. The average Bonchev–Trinajstić information content (AvgIpc) is 3.24. The number of nitrogens with one attached hydrogen (secondary N) is 1. The number of amides is 1. The van der Waals surface area contributed by atoms with Crippen molar-refractivity contribution in [2.24, 2.45) is 0 Å². The van der Waals surface area contributed by atoms with Crippen molar-refractivity contribution >= 4 is 5.91 Å². The Bertz CT molecular complexity index is 791. The molecule has 2 aromatic rings. The highest BCUT2D eigenvalue weighted by atomic mass is 19.1. The number of piperidine rings is 2. The molecule has 6 nitrogen and oxygen atoms in total. The number of aromatic amines is 1. The summed E-state index contributed by atoms with van der Waals surface area (Å²) in [4.78, 5) is 17.3.